The van der Waals surface area contributed by atoms with Gasteiger partial charge in [0.25, 0.3) is 0 Å². The molecule has 0 radical (unpaired) electrons. The van der Waals surface area contributed by atoms with Gasteiger partial charge in [0.2, 0.25) is 0 Å². The monoisotopic (exact) mass is 227 g/mol. The van der Waals surface area contributed by atoms with Crippen molar-refractivity contribution in [1.29, 1.82) is 0 Å². The summed E-state index contributed by atoms with van der Waals surface area (Å²) in [5.74, 6) is 8.15. The molecule has 2 atom stereocenters. The average molecular weight is 227 g/mol. The lowest BCUT2D eigenvalue weighted by molar-refractivity contribution is 0.157. The molecule has 1 heterocycles. The maximum atomic E-state index is 3.29. The van der Waals surface area contributed by atoms with E-state index in [9.17, 15) is 0 Å². The number of nitrogens with zero attached hydrogens (tertiary/aromatic N) is 1. The Bertz CT molecular complexity index is 389. The minimum atomic E-state index is 0.817. The summed E-state index contributed by atoms with van der Waals surface area (Å²) in [5.41, 5.74) is 1.12. The van der Waals surface area contributed by atoms with Crippen LogP contribution < -0.4 is 0 Å². The smallest absolute Gasteiger partial charge is 0.0605 e. The number of hydrogen-bond donors (Lipinski definition) is 0. The zero-order chi connectivity index (χ0) is 12.1. The van der Waals surface area contributed by atoms with Gasteiger partial charge in [0, 0.05) is 18.7 Å². The normalized spacial score (nSPS) is 25.1. The number of benzene rings is 1. The van der Waals surface area contributed by atoms with Gasteiger partial charge < -0.3 is 0 Å². The van der Waals surface area contributed by atoms with Crippen molar-refractivity contribution in [2.45, 2.75) is 20.3 Å². The molecule has 2 rings (SSSR count). The van der Waals surface area contributed by atoms with Crippen LogP contribution in [0.5, 0.6) is 0 Å². The van der Waals surface area contributed by atoms with Crippen LogP contribution in [0.25, 0.3) is 0 Å². The third-order valence-electron chi connectivity index (χ3n) is 3.25. The van der Waals surface area contributed by atoms with Gasteiger partial charge in [-0.3, -0.25) is 4.90 Å². The highest BCUT2D eigenvalue weighted by atomic mass is 15.1. The van der Waals surface area contributed by atoms with Gasteiger partial charge in [0.15, 0.2) is 0 Å². The van der Waals surface area contributed by atoms with Gasteiger partial charge in [-0.15, -0.1) is 0 Å². The number of likely N-dealkylation sites (tertiary alicyclic amines) is 1. The Hall–Kier alpha value is -1.26. The predicted molar refractivity (Wildman–Crippen MR) is 72.7 cm³/mol. The maximum Gasteiger partial charge on any atom is 0.0605 e. The van der Waals surface area contributed by atoms with E-state index in [4.69, 9.17) is 0 Å². The van der Waals surface area contributed by atoms with E-state index < -0.39 is 0 Å². The van der Waals surface area contributed by atoms with E-state index in [-0.39, 0.29) is 0 Å². The van der Waals surface area contributed by atoms with Crippen molar-refractivity contribution < 1.29 is 0 Å². The Balaban J connectivity index is 1.88. The van der Waals surface area contributed by atoms with Crippen molar-refractivity contribution >= 4 is 0 Å². The van der Waals surface area contributed by atoms with Gasteiger partial charge in [0.1, 0.15) is 0 Å². The lowest BCUT2D eigenvalue weighted by Crippen LogP contribution is -2.38. The fourth-order valence-electron chi connectivity index (χ4n) is 2.70. The van der Waals surface area contributed by atoms with E-state index in [2.05, 4.69) is 42.7 Å². The second kappa shape index (κ2) is 5.89. The van der Waals surface area contributed by atoms with Crippen LogP contribution in [-0.2, 0) is 0 Å². The highest BCUT2D eigenvalue weighted by molar-refractivity contribution is 5.33. The number of piperidine rings is 1. The lowest BCUT2D eigenvalue weighted by atomic mass is 9.92. The molecule has 0 N–H and O–H groups in total. The van der Waals surface area contributed by atoms with E-state index in [0.717, 1.165) is 23.9 Å². The van der Waals surface area contributed by atoms with Gasteiger partial charge in [-0.2, -0.15) is 0 Å². The minimum absolute atomic E-state index is 0.817. The summed E-state index contributed by atoms with van der Waals surface area (Å²) < 4.78 is 0. The predicted octanol–water partition coefficient (Wildman–Crippen LogP) is 3.02. The standard InChI is InChI=1S/C16H21N/c1-14-11-15(2)13-17(12-14)10-6-9-16-7-4-3-5-8-16/h3-5,7-8,14-15H,10-13H2,1-2H3/t14-,15-/m0/s1. The topological polar surface area (TPSA) is 3.24 Å². The van der Waals surface area contributed by atoms with Crippen LogP contribution in [0, 0.1) is 23.7 Å². The molecule has 90 valence electrons. The van der Waals surface area contributed by atoms with Crippen molar-refractivity contribution in [1.82, 2.24) is 4.90 Å². The Labute approximate surface area is 105 Å². The van der Waals surface area contributed by atoms with E-state index in [1.54, 1.807) is 0 Å². The van der Waals surface area contributed by atoms with Crippen LogP contribution in [0.2, 0.25) is 0 Å². The Morgan fingerprint density at radius 2 is 1.76 bits per heavy atom. The van der Waals surface area contributed by atoms with E-state index in [0.29, 0.717) is 0 Å². The first-order valence-electron chi connectivity index (χ1n) is 6.50. The molecule has 1 aliphatic rings. The molecule has 0 aliphatic carbocycles. The third kappa shape index (κ3) is 3.91. The molecule has 0 bridgehead atoms. The molecule has 1 aliphatic heterocycles. The lowest BCUT2D eigenvalue weighted by Gasteiger charge is -2.33. The van der Waals surface area contributed by atoms with Gasteiger partial charge in [-0.25, -0.2) is 0 Å². The second-order valence-electron chi connectivity index (χ2n) is 5.31. The zero-order valence-corrected chi connectivity index (χ0v) is 10.8. The summed E-state index contributed by atoms with van der Waals surface area (Å²) in [6.45, 7) is 7.99. The van der Waals surface area contributed by atoms with Gasteiger partial charge in [-0.1, -0.05) is 43.9 Å². The highest BCUT2D eigenvalue weighted by Crippen LogP contribution is 2.20. The van der Waals surface area contributed by atoms with Crippen LogP contribution >= 0.6 is 0 Å². The molecule has 0 unspecified atom stereocenters. The Kier molecular flexibility index (Phi) is 4.23. The maximum absolute atomic E-state index is 3.29. The SMILES string of the molecule is C[C@H]1C[C@H](C)CN(CC#Cc2ccccc2)C1. The average Bonchev–Trinajstić information content (AvgIpc) is 2.29. The van der Waals surface area contributed by atoms with Crippen molar-refractivity contribution in [2.24, 2.45) is 11.8 Å². The van der Waals surface area contributed by atoms with Crippen LogP contribution in [-0.4, -0.2) is 24.5 Å². The van der Waals surface area contributed by atoms with E-state index in [1.165, 1.54) is 19.5 Å². The third-order valence-corrected chi connectivity index (χ3v) is 3.25. The Morgan fingerprint density at radius 3 is 2.41 bits per heavy atom. The second-order valence-corrected chi connectivity index (χ2v) is 5.31. The van der Waals surface area contributed by atoms with Crippen LogP contribution in [0.3, 0.4) is 0 Å². The number of hydrogen-bond acceptors (Lipinski definition) is 1. The molecule has 0 amide bonds. The van der Waals surface area contributed by atoms with Crippen molar-refractivity contribution in [3.8, 4) is 11.8 Å². The molecular weight excluding hydrogens is 206 g/mol. The summed E-state index contributed by atoms with van der Waals surface area (Å²) in [7, 11) is 0. The molecular formula is C16H21N. The first kappa shape index (κ1) is 12.2. The van der Waals surface area contributed by atoms with Gasteiger partial charge in [-0.05, 0) is 30.4 Å². The minimum Gasteiger partial charge on any atom is -0.292 e. The molecule has 0 saturated carbocycles. The molecule has 1 aromatic carbocycles. The summed E-state index contributed by atoms with van der Waals surface area (Å²) in [6.07, 6.45) is 1.36. The van der Waals surface area contributed by atoms with Gasteiger partial charge >= 0.3 is 0 Å². The van der Waals surface area contributed by atoms with Gasteiger partial charge in [0.05, 0.1) is 6.54 Å². The molecule has 1 fully saturated rings. The van der Waals surface area contributed by atoms with E-state index >= 15 is 0 Å². The largest absolute Gasteiger partial charge is 0.292 e. The first-order chi connectivity index (χ1) is 8.24. The molecule has 1 aromatic rings. The quantitative estimate of drug-likeness (QED) is 0.667. The zero-order valence-electron chi connectivity index (χ0n) is 10.8. The van der Waals surface area contributed by atoms with Crippen molar-refractivity contribution in [3.63, 3.8) is 0 Å². The molecule has 1 saturated heterocycles. The van der Waals surface area contributed by atoms with Crippen molar-refractivity contribution in [3.05, 3.63) is 35.9 Å². The molecule has 0 spiro atoms. The fraction of sp³-hybridized carbons (Fsp3) is 0.500. The van der Waals surface area contributed by atoms with E-state index in [1.807, 2.05) is 18.2 Å². The number of rotatable bonds is 1. The summed E-state index contributed by atoms with van der Waals surface area (Å²) in [6, 6.07) is 10.2. The summed E-state index contributed by atoms with van der Waals surface area (Å²) >= 11 is 0. The molecule has 17 heavy (non-hydrogen) atoms. The van der Waals surface area contributed by atoms with Crippen molar-refractivity contribution in [2.75, 3.05) is 19.6 Å². The fourth-order valence-corrected chi connectivity index (χ4v) is 2.70. The summed E-state index contributed by atoms with van der Waals surface area (Å²) in [4.78, 5) is 2.48. The highest BCUT2D eigenvalue weighted by Gasteiger charge is 2.20. The van der Waals surface area contributed by atoms with Crippen LogP contribution in [0.1, 0.15) is 25.8 Å². The summed E-state index contributed by atoms with van der Waals surface area (Å²) in [5, 5.41) is 0. The molecule has 0 aromatic heterocycles. The van der Waals surface area contributed by atoms with Crippen LogP contribution in [0.4, 0.5) is 0 Å². The molecule has 1 nitrogen and oxygen atoms in total. The Morgan fingerprint density at radius 1 is 1.12 bits per heavy atom. The molecule has 1 heteroatoms. The van der Waals surface area contributed by atoms with Crippen LogP contribution in [0.15, 0.2) is 30.3 Å². The first-order valence-corrected chi connectivity index (χ1v) is 6.50.